The maximum Gasteiger partial charge on any atom is 0.288 e. The molecule has 1 aromatic heterocycles. The summed E-state index contributed by atoms with van der Waals surface area (Å²) >= 11 is 5.28. The maximum absolute atomic E-state index is 5.68. The van der Waals surface area contributed by atoms with E-state index in [-0.39, 0.29) is 0 Å². The predicted octanol–water partition coefficient (Wildman–Crippen LogP) is 2.94. The van der Waals surface area contributed by atoms with Gasteiger partial charge in [0.05, 0.1) is 19.4 Å². The monoisotopic (exact) mass is 305 g/mol. The largest absolute Gasteiger partial charge is 0.409 e. The summed E-state index contributed by atoms with van der Waals surface area (Å²) in [6, 6.07) is 9.81. The lowest BCUT2D eigenvalue weighted by Crippen LogP contribution is -2.43. The van der Waals surface area contributed by atoms with E-state index in [1.165, 1.54) is 0 Å². The second-order valence-corrected chi connectivity index (χ2v) is 5.51. The third kappa shape index (κ3) is 3.40. The molecule has 1 saturated heterocycles. The minimum atomic E-state index is 0.299. The summed E-state index contributed by atoms with van der Waals surface area (Å²) in [5, 5.41) is 4.49. The molecule has 0 unspecified atom stereocenters. The van der Waals surface area contributed by atoms with Crippen molar-refractivity contribution in [2.45, 2.75) is 26.1 Å². The number of nitrogens with zero attached hydrogens (tertiary/aromatic N) is 3. The van der Waals surface area contributed by atoms with Gasteiger partial charge in [-0.1, -0.05) is 25.1 Å². The number of ether oxygens (including phenoxy) is 1. The normalized spacial score (nSPS) is 19.8. The summed E-state index contributed by atoms with van der Waals surface area (Å²) in [5.74, 6) is 0.570. The number of hydrogen-bond acceptors (Lipinski definition) is 5. The molecule has 0 N–H and O–H groups in total. The van der Waals surface area contributed by atoms with Gasteiger partial charge in [0, 0.05) is 18.7 Å². The fourth-order valence-corrected chi connectivity index (χ4v) is 2.62. The molecule has 112 valence electrons. The second-order valence-electron chi connectivity index (χ2n) is 5.16. The van der Waals surface area contributed by atoms with Gasteiger partial charge in [-0.2, -0.15) is 0 Å². The topological polar surface area (TPSA) is 43.4 Å². The van der Waals surface area contributed by atoms with Crippen LogP contribution in [0.1, 0.15) is 13.3 Å². The highest BCUT2D eigenvalue weighted by Crippen LogP contribution is 2.17. The van der Waals surface area contributed by atoms with Crippen molar-refractivity contribution in [1.29, 1.82) is 0 Å². The van der Waals surface area contributed by atoms with E-state index in [1.807, 2.05) is 30.3 Å². The Labute approximate surface area is 129 Å². The van der Waals surface area contributed by atoms with Crippen LogP contribution < -0.4 is 0 Å². The summed E-state index contributed by atoms with van der Waals surface area (Å²) in [5.41, 5.74) is 0.941. The lowest BCUT2D eigenvalue weighted by molar-refractivity contribution is -0.0414. The van der Waals surface area contributed by atoms with Gasteiger partial charge in [0.15, 0.2) is 0 Å². The van der Waals surface area contributed by atoms with Gasteiger partial charge in [-0.3, -0.25) is 4.90 Å². The minimum Gasteiger partial charge on any atom is -0.409 e. The van der Waals surface area contributed by atoms with Crippen molar-refractivity contribution < 1.29 is 9.15 Å². The van der Waals surface area contributed by atoms with E-state index >= 15 is 0 Å². The van der Waals surface area contributed by atoms with Gasteiger partial charge in [0.2, 0.25) is 5.89 Å². The molecule has 0 saturated carbocycles. The molecule has 1 fully saturated rings. The van der Waals surface area contributed by atoms with Crippen molar-refractivity contribution in [3.05, 3.63) is 35.2 Å². The molecule has 6 heteroatoms. The van der Waals surface area contributed by atoms with Gasteiger partial charge in [-0.25, -0.2) is 4.68 Å². The summed E-state index contributed by atoms with van der Waals surface area (Å²) in [6.45, 7) is 5.35. The molecule has 21 heavy (non-hydrogen) atoms. The van der Waals surface area contributed by atoms with Crippen LogP contribution in [0.3, 0.4) is 0 Å². The van der Waals surface area contributed by atoms with Crippen LogP contribution in [0.2, 0.25) is 0 Å². The Balaban J connectivity index is 1.74. The van der Waals surface area contributed by atoms with Crippen molar-refractivity contribution in [2.75, 3.05) is 19.7 Å². The molecule has 0 radical (unpaired) electrons. The first kappa shape index (κ1) is 14.4. The molecule has 2 heterocycles. The standard InChI is InChI=1S/C15H19N3O2S/c1-2-13-10-17(8-9-19-13)11-18-15(21)20-14(16-18)12-6-4-3-5-7-12/h3-7,13H,2,8-11H2,1H3/t13-/m0/s1. The fraction of sp³-hybridized carbons (Fsp3) is 0.467. The van der Waals surface area contributed by atoms with E-state index in [9.17, 15) is 0 Å². The van der Waals surface area contributed by atoms with Gasteiger partial charge < -0.3 is 9.15 Å². The van der Waals surface area contributed by atoms with Gasteiger partial charge >= 0.3 is 0 Å². The molecule has 1 aromatic carbocycles. The van der Waals surface area contributed by atoms with E-state index in [4.69, 9.17) is 21.4 Å². The van der Waals surface area contributed by atoms with Crippen molar-refractivity contribution in [2.24, 2.45) is 0 Å². The van der Waals surface area contributed by atoms with Gasteiger partial charge in [0.1, 0.15) is 0 Å². The molecule has 0 amide bonds. The van der Waals surface area contributed by atoms with Crippen LogP contribution in [0.25, 0.3) is 11.5 Å². The number of benzene rings is 1. The average molecular weight is 305 g/mol. The van der Waals surface area contributed by atoms with E-state index in [0.29, 0.717) is 23.5 Å². The average Bonchev–Trinajstić information content (AvgIpc) is 2.89. The zero-order valence-corrected chi connectivity index (χ0v) is 12.9. The van der Waals surface area contributed by atoms with Crippen LogP contribution in [-0.2, 0) is 11.4 Å². The van der Waals surface area contributed by atoms with Crippen LogP contribution in [0.5, 0.6) is 0 Å². The van der Waals surface area contributed by atoms with Crippen LogP contribution in [0, 0.1) is 4.84 Å². The molecule has 3 rings (SSSR count). The van der Waals surface area contributed by atoms with Crippen LogP contribution in [0.15, 0.2) is 34.7 Å². The third-order valence-electron chi connectivity index (χ3n) is 3.64. The SMILES string of the molecule is CC[C@H]1CN(Cn2nc(-c3ccccc3)oc2=S)CCO1. The Hall–Kier alpha value is -1.50. The van der Waals surface area contributed by atoms with Crippen molar-refractivity contribution in [3.63, 3.8) is 0 Å². The van der Waals surface area contributed by atoms with Crippen molar-refractivity contribution in [1.82, 2.24) is 14.7 Å². The lowest BCUT2D eigenvalue weighted by Gasteiger charge is -2.31. The van der Waals surface area contributed by atoms with Crippen LogP contribution >= 0.6 is 12.2 Å². The predicted molar refractivity (Wildman–Crippen MR) is 82.4 cm³/mol. The van der Waals surface area contributed by atoms with Crippen LogP contribution in [-0.4, -0.2) is 40.5 Å². The van der Waals surface area contributed by atoms with Gasteiger partial charge in [-0.15, -0.1) is 5.10 Å². The Bertz CT molecular complexity index is 638. The first-order valence-electron chi connectivity index (χ1n) is 7.23. The molecule has 1 aliphatic heterocycles. The van der Waals surface area contributed by atoms with E-state index in [0.717, 1.165) is 31.7 Å². The Kier molecular flexibility index (Phi) is 4.48. The smallest absolute Gasteiger partial charge is 0.288 e. The molecule has 0 bridgehead atoms. The summed E-state index contributed by atoms with van der Waals surface area (Å²) in [6.07, 6.45) is 1.32. The fourth-order valence-electron chi connectivity index (χ4n) is 2.44. The number of aromatic nitrogens is 2. The summed E-state index contributed by atoms with van der Waals surface area (Å²) in [4.78, 5) is 2.71. The number of morpholine rings is 1. The van der Waals surface area contributed by atoms with Crippen molar-refractivity contribution >= 4 is 12.2 Å². The van der Waals surface area contributed by atoms with Gasteiger partial charge in [0.25, 0.3) is 4.84 Å². The zero-order chi connectivity index (χ0) is 14.7. The zero-order valence-electron chi connectivity index (χ0n) is 12.1. The molecule has 5 nitrogen and oxygen atoms in total. The van der Waals surface area contributed by atoms with Gasteiger partial charge in [-0.05, 0) is 30.8 Å². The van der Waals surface area contributed by atoms with E-state index in [1.54, 1.807) is 4.68 Å². The van der Waals surface area contributed by atoms with E-state index in [2.05, 4.69) is 16.9 Å². The molecule has 0 aliphatic carbocycles. The molecular weight excluding hydrogens is 286 g/mol. The third-order valence-corrected chi connectivity index (χ3v) is 3.93. The molecule has 1 atom stereocenters. The van der Waals surface area contributed by atoms with E-state index < -0.39 is 0 Å². The molecular formula is C15H19N3O2S. The Morgan fingerprint density at radius 3 is 2.90 bits per heavy atom. The lowest BCUT2D eigenvalue weighted by atomic mass is 10.2. The Morgan fingerprint density at radius 2 is 2.14 bits per heavy atom. The first-order valence-corrected chi connectivity index (χ1v) is 7.64. The quantitative estimate of drug-likeness (QED) is 0.813. The maximum atomic E-state index is 5.68. The van der Waals surface area contributed by atoms with Crippen LogP contribution in [0.4, 0.5) is 0 Å². The minimum absolute atomic E-state index is 0.299. The van der Waals surface area contributed by atoms with Crippen molar-refractivity contribution in [3.8, 4) is 11.5 Å². The number of hydrogen-bond donors (Lipinski definition) is 0. The highest BCUT2D eigenvalue weighted by Gasteiger charge is 2.20. The molecule has 2 aromatic rings. The first-order chi connectivity index (χ1) is 10.3. The highest BCUT2D eigenvalue weighted by atomic mass is 32.1. The number of rotatable bonds is 4. The summed E-state index contributed by atoms with van der Waals surface area (Å²) in [7, 11) is 0. The Morgan fingerprint density at radius 1 is 1.33 bits per heavy atom. The molecule has 0 spiro atoms. The highest BCUT2D eigenvalue weighted by molar-refractivity contribution is 7.71. The summed E-state index contributed by atoms with van der Waals surface area (Å²) < 4.78 is 13.0. The second kappa shape index (κ2) is 6.51. The molecule has 1 aliphatic rings.